The fraction of sp³-hybridized carbons (Fsp3) is 0. The average Bonchev–Trinajstić information content (AvgIpc) is 2.62. The molecule has 16 nitrogen and oxygen atoms in total. The van der Waals surface area contributed by atoms with Crippen LogP contribution in [0.2, 0.25) is 0 Å². The van der Waals surface area contributed by atoms with Gasteiger partial charge in [-0.25, -0.2) is 0 Å². The Hall–Kier alpha value is -13.0. The monoisotopic (exact) mass is 1130 g/mol. The molecule has 0 bridgehead atoms. The minimum absolute atomic E-state index is 0.0253. The van der Waals surface area contributed by atoms with Crippen molar-refractivity contribution in [1.29, 1.82) is 31.6 Å². The molecular formula is C66H28Cl2N10O6. The van der Waals surface area contributed by atoms with Crippen LogP contribution in [-0.2, 0) is 0 Å². The van der Waals surface area contributed by atoms with Crippen LogP contribution in [0.15, 0.2) is 191 Å². The summed E-state index contributed by atoms with van der Waals surface area (Å²) in [6.07, 6.45) is 2.62. The van der Waals surface area contributed by atoms with E-state index in [1.807, 2.05) is 48.5 Å². The number of hydrogen-bond donors (Lipinski definition) is 0. The lowest BCUT2D eigenvalue weighted by Crippen LogP contribution is -2.20. The number of fused-ring (bicyclic) bond motifs is 4. The quantitative estimate of drug-likeness (QED) is 0.128. The van der Waals surface area contributed by atoms with E-state index in [0.29, 0.717) is 43.1 Å². The van der Waals surface area contributed by atoms with E-state index in [9.17, 15) is 28.8 Å². The highest BCUT2D eigenvalue weighted by Gasteiger charge is 2.32. The van der Waals surface area contributed by atoms with Crippen LogP contribution in [0.3, 0.4) is 0 Å². The number of Topliss-reactive ketones (excluding diaryl/α,β-unsaturated/α-hetero) is 4. The summed E-state index contributed by atoms with van der Waals surface area (Å²) in [6, 6.07) is 54.8. The third-order valence-corrected chi connectivity index (χ3v) is 12.9. The first kappa shape index (κ1) is 60.2. The van der Waals surface area contributed by atoms with E-state index in [1.54, 1.807) is 133 Å². The average molecular weight is 1130 g/mol. The molecule has 0 heterocycles. The van der Waals surface area contributed by atoms with Crippen molar-refractivity contribution in [1.82, 2.24) is 0 Å². The molecule has 0 N–H and O–H groups in total. The Morgan fingerprint density at radius 1 is 0.357 bits per heavy atom. The van der Waals surface area contributed by atoms with Crippen molar-refractivity contribution in [3.63, 3.8) is 0 Å². The molecule has 3 aliphatic rings. The SMILES string of the molecule is N#CC1=C(C#N)C(=O)c2ccccc2C1=O.O=C1C(Cl)=C(Cl)C(=O)c2ccccc21.O=C1C=CC(=O)c2ccccc21.[C-]#[N+]C([N+]#[C-])=c1ccc(=c2ccc(=C(C#N)C#N)cc2)cc1.[C-]#[N+]C([N+]#[C-])=c1ccc2cc(=C(C#N)C#N)ccc2c1. The summed E-state index contributed by atoms with van der Waals surface area (Å²) in [6.45, 7) is 27.8. The summed E-state index contributed by atoms with van der Waals surface area (Å²) < 4.78 is 0. The smallest absolute Gasteiger partial charge is 0.289 e. The number of rotatable bonds is 0. The normalized spacial score (nSPS) is 11.8. The number of nitriles is 6. The van der Waals surface area contributed by atoms with Gasteiger partial charge in [-0.2, -0.15) is 51.0 Å². The molecule has 84 heavy (non-hydrogen) atoms. The Bertz CT molecular complexity index is 4610. The molecular weight excluding hydrogens is 1100 g/mol. The molecule has 392 valence electrons. The van der Waals surface area contributed by atoms with Crippen LogP contribution in [0, 0.1) is 105 Å². The maximum Gasteiger partial charge on any atom is 0.526 e. The first-order chi connectivity index (χ1) is 40.6. The standard InChI is InChI=1S/C18H8N4.C16H6N4.C12H4N2O2.C10H4Cl2O2.C10H6O2/c1-21-18(22-2)16-9-7-14(8-10-16)13-3-5-15(6-4-13)17(11-19)12-20;1-19-16(20-2)14-6-5-11-7-13(15(9-17)10-18)4-3-12(11)8-14;13-5-9-10(6-14)12(16)8-4-2-1-3-7(8)11(9)15;11-7-8(12)10(14)6-4-2-1-3-5(6)9(7)13;11-9-5-6-10(12)8-4-2-1-3-7(8)9/h3-10H;3-8H;1-4H;1-4H;1-6H. The molecule has 18 heteroatoms. The van der Waals surface area contributed by atoms with E-state index >= 15 is 0 Å². The van der Waals surface area contributed by atoms with E-state index in [0.717, 1.165) is 21.2 Å². The first-order valence-corrected chi connectivity index (χ1v) is 24.5. The third kappa shape index (κ3) is 13.3. The van der Waals surface area contributed by atoms with Crippen LogP contribution >= 0.6 is 23.2 Å². The molecule has 0 aliphatic heterocycles. The van der Waals surface area contributed by atoms with E-state index in [-0.39, 0.29) is 66.7 Å². The van der Waals surface area contributed by atoms with Crippen molar-refractivity contribution in [2.75, 3.05) is 0 Å². The third-order valence-electron chi connectivity index (χ3n) is 12.1. The summed E-state index contributed by atoms with van der Waals surface area (Å²) in [5.41, 5.74) is 1.40. The van der Waals surface area contributed by atoms with Gasteiger partial charge in [0, 0.05) is 43.8 Å². The largest absolute Gasteiger partial charge is 0.526 e. The van der Waals surface area contributed by atoms with Gasteiger partial charge in [0.05, 0.1) is 10.4 Å². The van der Waals surface area contributed by atoms with Crippen LogP contribution in [0.25, 0.3) is 52.9 Å². The maximum absolute atomic E-state index is 11.8. The van der Waals surface area contributed by atoms with Gasteiger partial charge < -0.3 is 0 Å². The van der Waals surface area contributed by atoms with Gasteiger partial charge in [-0.15, -0.1) is 0 Å². The topological polar surface area (TPSA) is 263 Å². The molecule has 0 radical (unpaired) electrons. The predicted octanol–water partition coefficient (Wildman–Crippen LogP) is 9.80. The van der Waals surface area contributed by atoms with Crippen molar-refractivity contribution >= 4 is 91.5 Å². The van der Waals surface area contributed by atoms with Crippen molar-refractivity contribution in [3.8, 4) is 36.4 Å². The molecule has 0 saturated heterocycles. The van der Waals surface area contributed by atoms with Crippen LogP contribution in [0.4, 0.5) is 0 Å². The maximum atomic E-state index is 11.8. The van der Waals surface area contributed by atoms with E-state index in [2.05, 4.69) is 19.4 Å². The van der Waals surface area contributed by atoms with Gasteiger partial charge in [-0.3, -0.25) is 28.8 Å². The number of halogens is 2. The molecule has 7 aromatic rings. The molecule has 0 saturated carbocycles. The van der Waals surface area contributed by atoms with Gasteiger partial charge in [0.2, 0.25) is 23.1 Å². The zero-order valence-corrected chi connectivity index (χ0v) is 44.4. The zero-order chi connectivity index (χ0) is 61.0. The Morgan fingerprint density at radius 2 is 0.655 bits per heavy atom. The Morgan fingerprint density at radius 3 is 1.01 bits per heavy atom. The van der Waals surface area contributed by atoms with Crippen molar-refractivity contribution in [3.05, 3.63) is 301 Å². The van der Waals surface area contributed by atoms with E-state index in [1.165, 1.54) is 24.3 Å². The van der Waals surface area contributed by atoms with Crippen molar-refractivity contribution in [2.45, 2.75) is 0 Å². The molecule has 0 unspecified atom stereocenters. The molecule has 3 aliphatic carbocycles. The first-order valence-electron chi connectivity index (χ1n) is 23.7. The second-order valence-corrected chi connectivity index (χ2v) is 17.6. The van der Waals surface area contributed by atoms with Crippen LogP contribution < -0.4 is 20.9 Å². The van der Waals surface area contributed by atoms with E-state index < -0.39 is 23.1 Å². The van der Waals surface area contributed by atoms with Crippen LogP contribution in [0.5, 0.6) is 0 Å². The highest BCUT2D eigenvalue weighted by atomic mass is 35.5. The molecule has 0 aromatic heterocycles. The summed E-state index contributed by atoms with van der Waals surface area (Å²) in [4.78, 5) is 81.7. The number of benzene rings is 7. The predicted molar refractivity (Wildman–Crippen MR) is 307 cm³/mol. The molecule has 0 fully saturated rings. The summed E-state index contributed by atoms with van der Waals surface area (Å²) in [5, 5.41) is 58.4. The Kier molecular flexibility index (Phi) is 20.1. The second-order valence-electron chi connectivity index (χ2n) is 16.8. The number of carbonyl (C=O) groups excluding carboxylic acids is 6. The number of nitrogens with zero attached hydrogens (tertiary/aromatic N) is 10. The number of hydrogen-bond acceptors (Lipinski definition) is 12. The second kappa shape index (κ2) is 28.1. The minimum Gasteiger partial charge on any atom is -0.289 e. The van der Waals surface area contributed by atoms with Crippen molar-refractivity contribution < 1.29 is 28.8 Å². The van der Waals surface area contributed by atoms with Gasteiger partial charge in [0.25, 0.3) is 0 Å². The molecule has 0 amide bonds. The van der Waals surface area contributed by atoms with Gasteiger partial charge in [-0.1, -0.05) is 169 Å². The lowest BCUT2D eigenvalue weighted by molar-refractivity contribution is 0.0982. The lowest BCUT2D eigenvalue weighted by Gasteiger charge is -2.12. The number of carbonyl (C=O) groups is 6. The van der Waals surface area contributed by atoms with Gasteiger partial charge in [0.15, 0.2) is 11.6 Å². The van der Waals surface area contributed by atoms with Crippen LogP contribution in [0.1, 0.15) is 62.1 Å². The summed E-state index contributed by atoms with van der Waals surface area (Å²) in [7, 11) is 0. The number of allylic oxidation sites excluding steroid dienone is 6. The van der Waals surface area contributed by atoms with Gasteiger partial charge in [0.1, 0.15) is 95.1 Å². The summed E-state index contributed by atoms with van der Waals surface area (Å²) in [5.74, 6) is -2.03. The fourth-order valence-corrected chi connectivity index (χ4v) is 8.32. The lowest BCUT2D eigenvalue weighted by atomic mass is 9.85. The highest BCUT2D eigenvalue weighted by Crippen LogP contribution is 2.30. The molecule has 0 spiro atoms. The molecule has 10 rings (SSSR count). The summed E-state index contributed by atoms with van der Waals surface area (Å²) >= 11 is 11.2. The minimum atomic E-state index is -0.561. The van der Waals surface area contributed by atoms with Crippen molar-refractivity contribution in [2.24, 2.45) is 0 Å². The van der Waals surface area contributed by atoms with Gasteiger partial charge in [-0.05, 0) is 45.5 Å². The fourth-order valence-electron chi connectivity index (χ4n) is 7.95. The molecule has 7 aromatic carbocycles. The van der Waals surface area contributed by atoms with Gasteiger partial charge >= 0.3 is 11.6 Å². The van der Waals surface area contributed by atoms with E-state index in [4.69, 9.17) is 81.1 Å². The van der Waals surface area contributed by atoms with Crippen LogP contribution in [-0.4, -0.2) is 34.7 Å². The highest BCUT2D eigenvalue weighted by molar-refractivity contribution is 6.59. The Balaban J connectivity index is 0.000000171. The zero-order valence-electron chi connectivity index (χ0n) is 42.8. The Labute approximate surface area is 487 Å². The number of ketones is 6. The molecule has 0 atom stereocenters.